The van der Waals surface area contributed by atoms with E-state index in [2.05, 4.69) is 33.9 Å². The molecule has 0 aromatic rings. The maximum Gasteiger partial charge on any atom is 0.0866 e. The number of rotatable bonds is 4. The standard InChI is InChI=1S/C18H30OS/c1-6-10-17(20-7-2)12-8-14(3)15-9-11-16(4,5)13-18(15,17)19/h6,15,19H,1,3,7-13H2,2,4-5H3/t15-,17+,18-/m1/s1. The summed E-state index contributed by atoms with van der Waals surface area (Å²) in [7, 11) is 0. The molecule has 3 atom stereocenters. The van der Waals surface area contributed by atoms with Crippen molar-refractivity contribution in [1.82, 2.24) is 0 Å². The summed E-state index contributed by atoms with van der Waals surface area (Å²) in [4.78, 5) is 0. The van der Waals surface area contributed by atoms with Gasteiger partial charge in [0.25, 0.3) is 0 Å². The molecule has 0 aliphatic heterocycles. The molecule has 2 saturated carbocycles. The van der Waals surface area contributed by atoms with E-state index in [0.29, 0.717) is 0 Å². The maximum atomic E-state index is 11.7. The van der Waals surface area contributed by atoms with E-state index in [0.717, 1.165) is 37.9 Å². The topological polar surface area (TPSA) is 20.2 Å². The summed E-state index contributed by atoms with van der Waals surface area (Å²) in [6, 6.07) is 0. The van der Waals surface area contributed by atoms with Gasteiger partial charge >= 0.3 is 0 Å². The predicted octanol–water partition coefficient (Wildman–Crippen LogP) is 4.96. The fourth-order valence-corrected chi connectivity index (χ4v) is 6.03. The highest BCUT2D eigenvalue weighted by Gasteiger charge is 2.60. The zero-order valence-corrected chi connectivity index (χ0v) is 14.2. The van der Waals surface area contributed by atoms with E-state index in [-0.39, 0.29) is 16.1 Å². The van der Waals surface area contributed by atoms with Crippen LogP contribution in [0.5, 0.6) is 0 Å². The van der Waals surface area contributed by atoms with Crippen molar-refractivity contribution >= 4 is 11.8 Å². The van der Waals surface area contributed by atoms with Gasteiger partial charge in [-0.25, -0.2) is 0 Å². The Kier molecular flexibility index (Phi) is 4.47. The van der Waals surface area contributed by atoms with Gasteiger partial charge < -0.3 is 5.11 Å². The van der Waals surface area contributed by atoms with Crippen molar-refractivity contribution in [3.63, 3.8) is 0 Å². The second kappa shape index (κ2) is 5.53. The molecule has 20 heavy (non-hydrogen) atoms. The largest absolute Gasteiger partial charge is 0.388 e. The molecule has 2 heteroatoms. The van der Waals surface area contributed by atoms with E-state index >= 15 is 0 Å². The summed E-state index contributed by atoms with van der Waals surface area (Å²) < 4.78 is -0.0625. The molecule has 0 aromatic carbocycles. The molecule has 2 fully saturated rings. The molecular formula is C18H30OS. The van der Waals surface area contributed by atoms with Gasteiger partial charge in [0.05, 0.1) is 5.60 Å². The fourth-order valence-electron chi connectivity index (χ4n) is 4.53. The van der Waals surface area contributed by atoms with Crippen LogP contribution in [-0.2, 0) is 0 Å². The Labute approximate surface area is 128 Å². The molecule has 1 nitrogen and oxygen atoms in total. The summed E-state index contributed by atoms with van der Waals surface area (Å²) in [6.45, 7) is 15.0. The lowest BCUT2D eigenvalue weighted by molar-refractivity contribution is -0.113. The van der Waals surface area contributed by atoms with Gasteiger partial charge in [-0.05, 0) is 49.7 Å². The molecule has 114 valence electrons. The van der Waals surface area contributed by atoms with E-state index in [9.17, 15) is 5.11 Å². The van der Waals surface area contributed by atoms with Gasteiger partial charge in [-0.15, -0.1) is 6.58 Å². The van der Waals surface area contributed by atoms with Crippen LogP contribution in [0.25, 0.3) is 0 Å². The number of allylic oxidation sites excluding steroid dienone is 1. The molecule has 2 aliphatic carbocycles. The first-order valence-electron chi connectivity index (χ1n) is 7.95. The summed E-state index contributed by atoms with van der Waals surface area (Å²) in [5.41, 5.74) is 0.891. The first-order valence-corrected chi connectivity index (χ1v) is 8.94. The smallest absolute Gasteiger partial charge is 0.0866 e. The summed E-state index contributed by atoms with van der Waals surface area (Å²) in [5.74, 6) is 1.33. The maximum absolute atomic E-state index is 11.7. The first kappa shape index (κ1) is 16.2. The average Bonchev–Trinajstić information content (AvgIpc) is 2.33. The van der Waals surface area contributed by atoms with Gasteiger partial charge in [-0.2, -0.15) is 11.8 Å². The molecule has 1 N–H and O–H groups in total. The SMILES string of the molecule is C=CC[C@]1(SCC)CCC(=C)[C@H]2CCC(C)(C)C[C@@]21O. The molecule has 0 aromatic heterocycles. The van der Waals surface area contributed by atoms with Crippen LogP contribution in [0.1, 0.15) is 59.3 Å². The monoisotopic (exact) mass is 294 g/mol. The Balaban J connectivity index is 2.45. The highest BCUT2D eigenvalue weighted by molar-refractivity contribution is 8.00. The van der Waals surface area contributed by atoms with Gasteiger partial charge in [-0.3, -0.25) is 0 Å². The molecule has 0 heterocycles. The van der Waals surface area contributed by atoms with Crippen LogP contribution in [-0.4, -0.2) is 21.2 Å². The van der Waals surface area contributed by atoms with Crippen LogP contribution in [0.3, 0.4) is 0 Å². The minimum atomic E-state index is -0.612. The predicted molar refractivity (Wildman–Crippen MR) is 90.1 cm³/mol. The highest BCUT2D eigenvalue weighted by atomic mass is 32.2. The second-order valence-corrected chi connectivity index (χ2v) is 9.08. The molecule has 0 bridgehead atoms. The second-order valence-electron chi connectivity index (χ2n) is 7.43. The summed E-state index contributed by atoms with van der Waals surface area (Å²) in [5, 5.41) is 11.7. The van der Waals surface area contributed by atoms with Crippen molar-refractivity contribution in [2.75, 3.05) is 5.75 Å². The van der Waals surface area contributed by atoms with Crippen LogP contribution in [0.15, 0.2) is 24.8 Å². The van der Waals surface area contributed by atoms with Crippen LogP contribution in [0.4, 0.5) is 0 Å². The molecule has 0 saturated heterocycles. The normalized spacial score (nSPS) is 40.2. The molecule has 0 radical (unpaired) electrons. The minimum Gasteiger partial charge on any atom is -0.388 e. The van der Waals surface area contributed by atoms with Crippen molar-refractivity contribution in [3.05, 3.63) is 24.8 Å². The number of thioether (sulfide) groups is 1. The Morgan fingerprint density at radius 2 is 2.10 bits per heavy atom. The van der Waals surface area contributed by atoms with Gasteiger partial charge in [0, 0.05) is 10.7 Å². The Morgan fingerprint density at radius 1 is 1.40 bits per heavy atom. The first-order chi connectivity index (χ1) is 9.30. The van der Waals surface area contributed by atoms with Gasteiger partial charge in [0.15, 0.2) is 0 Å². The lowest BCUT2D eigenvalue weighted by atomic mass is 9.54. The molecule has 2 rings (SSSR count). The van der Waals surface area contributed by atoms with Crippen LogP contribution < -0.4 is 0 Å². The van der Waals surface area contributed by atoms with Gasteiger partial charge in [0.1, 0.15) is 0 Å². The van der Waals surface area contributed by atoms with Crippen LogP contribution in [0.2, 0.25) is 0 Å². The van der Waals surface area contributed by atoms with Gasteiger partial charge in [0.2, 0.25) is 0 Å². The van der Waals surface area contributed by atoms with E-state index in [1.165, 1.54) is 12.0 Å². The minimum absolute atomic E-state index is 0.0625. The Bertz CT molecular complexity index is 400. The highest BCUT2D eigenvalue weighted by Crippen LogP contribution is 2.61. The van der Waals surface area contributed by atoms with Crippen molar-refractivity contribution in [3.8, 4) is 0 Å². The van der Waals surface area contributed by atoms with E-state index in [1.807, 2.05) is 17.8 Å². The summed E-state index contributed by atoms with van der Waals surface area (Å²) >= 11 is 1.95. The number of hydrogen-bond donors (Lipinski definition) is 1. The zero-order valence-electron chi connectivity index (χ0n) is 13.4. The Morgan fingerprint density at radius 3 is 2.70 bits per heavy atom. The van der Waals surface area contributed by atoms with Crippen molar-refractivity contribution in [2.24, 2.45) is 11.3 Å². The summed E-state index contributed by atoms with van der Waals surface area (Å²) in [6.07, 6.45) is 8.19. The van der Waals surface area contributed by atoms with Crippen LogP contribution in [0, 0.1) is 11.3 Å². The molecule has 0 unspecified atom stereocenters. The van der Waals surface area contributed by atoms with E-state index in [1.54, 1.807) is 0 Å². The molecule has 0 amide bonds. The van der Waals surface area contributed by atoms with E-state index < -0.39 is 5.60 Å². The number of hydrogen-bond acceptors (Lipinski definition) is 2. The van der Waals surface area contributed by atoms with Gasteiger partial charge in [-0.1, -0.05) is 39.0 Å². The average molecular weight is 295 g/mol. The van der Waals surface area contributed by atoms with Crippen molar-refractivity contribution in [1.29, 1.82) is 0 Å². The molecular weight excluding hydrogens is 264 g/mol. The van der Waals surface area contributed by atoms with Crippen LogP contribution >= 0.6 is 11.8 Å². The quantitative estimate of drug-likeness (QED) is 0.739. The number of aliphatic hydroxyl groups is 1. The van der Waals surface area contributed by atoms with Crippen molar-refractivity contribution in [2.45, 2.75) is 69.6 Å². The molecule has 2 aliphatic rings. The third kappa shape index (κ3) is 2.50. The lowest BCUT2D eigenvalue weighted by Crippen LogP contribution is -2.63. The molecule has 0 spiro atoms. The fraction of sp³-hybridized carbons (Fsp3) is 0.778. The lowest BCUT2D eigenvalue weighted by Gasteiger charge is -2.60. The van der Waals surface area contributed by atoms with Crippen molar-refractivity contribution < 1.29 is 5.11 Å². The Hall–Kier alpha value is -0.210. The number of fused-ring (bicyclic) bond motifs is 1. The third-order valence-corrected chi connectivity index (χ3v) is 7.03. The third-order valence-electron chi connectivity index (χ3n) is 5.46. The zero-order chi connectivity index (χ0) is 15.0. The van der Waals surface area contributed by atoms with E-state index in [4.69, 9.17) is 0 Å².